The van der Waals surface area contributed by atoms with E-state index in [4.69, 9.17) is 9.47 Å². The summed E-state index contributed by atoms with van der Waals surface area (Å²) < 4.78 is 10.9. The van der Waals surface area contributed by atoms with Crippen molar-refractivity contribution in [2.24, 2.45) is 4.99 Å². The van der Waals surface area contributed by atoms with Gasteiger partial charge < -0.3 is 20.1 Å². The predicted molar refractivity (Wildman–Crippen MR) is 98.7 cm³/mol. The van der Waals surface area contributed by atoms with Crippen LogP contribution in [0.3, 0.4) is 0 Å². The molecule has 2 aliphatic heterocycles. The zero-order valence-corrected chi connectivity index (χ0v) is 14.1. The highest BCUT2D eigenvalue weighted by Gasteiger charge is 2.16. The van der Waals surface area contributed by atoms with Gasteiger partial charge in [0.1, 0.15) is 0 Å². The van der Waals surface area contributed by atoms with Crippen molar-refractivity contribution in [1.29, 1.82) is 0 Å². The Bertz CT molecular complexity index is 763. The molecule has 1 unspecified atom stereocenters. The van der Waals surface area contributed by atoms with E-state index in [0.717, 1.165) is 60.9 Å². The Kier molecular flexibility index (Phi) is 4.79. The lowest BCUT2D eigenvalue weighted by molar-refractivity contribution is 0.174. The lowest BCUT2D eigenvalue weighted by atomic mass is 10.1. The average molecular weight is 338 g/mol. The summed E-state index contributed by atoms with van der Waals surface area (Å²) in [6, 6.07) is 10.5. The summed E-state index contributed by atoms with van der Waals surface area (Å²) >= 11 is 0. The third-order valence-electron chi connectivity index (χ3n) is 4.45. The van der Waals surface area contributed by atoms with Crippen LogP contribution in [0.15, 0.2) is 41.5 Å². The zero-order valence-electron chi connectivity index (χ0n) is 14.1. The van der Waals surface area contributed by atoms with Gasteiger partial charge in [-0.25, -0.2) is 0 Å². The van der Waals surface area contributed by atoms with E-state index < -0.39 is 0 Å². The normalized spacial score (nSPS) is 18.3. The monoisotopic (exact) mass is 338 g/mol. The van der Waals surface area contributed by atoms with Crippen LogP contribution in [0.4, 0.5) is 5.69 Å². The van der Waals surface area contributed by atoms with Crippen LogP contribution in [-0.4, -0.2) is 43.7 Å². The van der Waals surface area contributed by atoms with Crippen LogP contribution in [0.25, 0.3) is 11.3 Å². The number of ether oxygens (including phenoxy) is 2. The van der Waals surface area contributed by atoms with E-state index in [9.17, 15) is 0 Å². The minimum atomic E-state index is 0.281. The quantitative estimate of drug-likeness (QED) is 0.793. The summed E-state index contributed by atoms with van der Waals surface area (Å²) in [5.41, 5.74) is 2.96. The summed E-state index contributed by atoms with van der Waals surface area (Å²) in [7, 11) is 0. The van der Waals surface area contributed by atoms with E-state index in [-0.39, 0.29) is 6.79 Å². The van der Waals surface area contributed by atoms with Crippen molar-refractivity contribution in [2.45, 2.75) is 18.9 Å². The number of fused-ring (bicyclic) bond motifs is 1. The molecule has 130 valence electrons. The van der Waals surface area contributed by atoms with Gasteiger partial charge in [-0.3, -0.25) is 9.98 Å². The van der Waals surface area contributed by atoms with Gasteiger partial charge >= 0.3 is 0 Å². The van der Waals surface area contributed by atoms with Gasteiger partial charge in [0.25, 0.3) is 0 Å². The molecule has 25 heavy (non-hydrogen) atoms. The third kappa shape index (κ3) is 3.74. The molecule has 0 fully saturated rings. The van der Waals surface area contributed by atoms with E-state index in [1.807, 2.05) is 36.7 Å². The Balaban J connectivity index is 1.40. The average Bonchev–Trinajstić information content (AvgIpc) is 3.14. The number of aromatic nitrogens is 1. The molecular weight excluding hydrogens is 316 g/mol. The molecule has 0 spiro atoms. The van der Waals surface area contributed by atoms with Crippen molar-refractivity contribution < 1.29 is 9.47 Å². The Morgan fingerprint density at radius 1 is 1.12 bits per heavy atom. The van der Waals surface area contributed by atoms with Crippen LogP contribution in [0.2, 0.25) is 0 Å². The second-order valence-corrected chi connectivity index (χ2v) is 6.16. The first-order valence-electron chi connectivity index (χ1n) is 8.71. The van der Waals surface area contributed by atoms with Crippen LogP contribution < -0.4 is 20.1 Å². The van der Waals surface area contributed by atoms with Crippen LogP contribution in [-0.2, 0) is 0 Å². The molecule has 2 aliphatic rings. The molecule has 6 heteroatoms. The summed E-state index contributed by atoms with van der Waals surface area (Å²) in [4.78, 5) is 8.81. The first-order valence-corrected chi connectivity index (χ1v) is 8.71. The van der Waals surface area contributed by atoms with Gasteiger partial charge in [0, 0.05) is 43.7 Å². The number of rotatable bonds is 6. The molecule has 2 aromatic rings. The second-order valence-electron chi connectivity index (χ2n) is 6.16. The number of hydrogen-bond donors (Lipinski definition) is 2. The number of benzene rings is 1. The Hall–Kier alpha value is -2.60. The van der Waals surface area contributed by atoms with Crippen LogP contribution in [0.5, 0.6) is 11.5 Å². The maximum Gasteiger partial charge on any atom is 0.231 e. The van der Waals surface area contributed by atoms with E-state index >= 15 is 0 Å². The molecule has 0 radical (unpaired) electrons. The number of aliphatic imine (C=N–C) groups is 1. The van der Waals surface area contributed by atoms with E-state index in [1.54, 1.807) is 0 Å². The molecule has 6 nitrogen and oxygen atoms in total. The number of anilines is 1. The fourth-order valence-corrected chi connectivity index (χ4v) is 3.12. The van der Waals surface area contributed by atoms with Crippen molar-refractivity contribution in [3.63, 3.8) is 0 Å². The highest BCUT2D eigenvalue weighted by atomic mass is 16.7. The Morgan fingerprint density at radius 3 is 3.00 bits per heavy atom. The largest absolute Gasteiger partial charge is 0.454 e. The number of pyridine rings is 1. The second kappa shape index (κ2) is 7.53. The van der Waals surface area contributed by atoms with Crippen molar-refractivity contribution in [3.8, 4) is 22.8 Å². The van der Waals surface area contributed by atoms with Crippen molar-refractivity contribution in [3.05, 3.63) is 36.5 Å². The fourth-order valence-electron chi connectivity index (χ4n) is 3.12. The number of nitrogens with one attached hydrogen (secondary N) is 2. The van der Waals surface area contributed by atoms with Crippen LogP contribution >= 0.6 is 0 Å². The molecule has 4 rings (SSSR count). The van der Waals surface area contributed by atoms with Gasteiger partial charge in [-0.1, -0.05) is 0 Å². The van der Waals surface area contributed by atoms with Crippen molar-refractivity contribution >= 4 is 11.9 Å². The van der Waals surface area contributed by atoms with Gasteiger partial charge in [-0.05, 0) is 43.2 Å². The minimum Gasteiger partial charge on any atom is -0.454 e. The zero-order chi connectivity index (χ0) is 16.9. The van der Waals surface area contributed by atoms with Crippen LogP contribution in [0.1, 0.15) is 12.8 Å². The Morgan fingerprint density at radius 2 is 2.08 bits per heavy atom. The lowest BCUT2D eigenvalue weighted by Gasteiger charge is -2.19. The standard InChI is InChI=1S/C19H22N4O2/c1-2-16(22-11-10-21-15-5-8-20-9-6-15)19(23-7-1)14-3-4-17-18(12-14)25-13-24-17/h1-4,7-8,12,15,21-22H,5-6,9-11,13H2. The molecule has 2 N–H and O–H groups in total. The molecule has 1 aromatic heterocycles. The van der Waals surface area contributed by atoms with Gasteiger partial charge in [0.05, 0.1) is 11.4 Å². The molecule has 1 aromatic carbocycles. The molecule has 0 amide bonds. The van der Waals surface area contributed by atoms with Gasteiger partial charge in [0.15, 0.2) is 11.5 Å². The topological polar surface area (TPSA) is 67.8 Å². The molecule has 0 bridgehead atoms. The lowest BCUT2D eigenvalue weighted by Crippen LogP contribution is -2.35. The third-order valence-corrected chi connectivity index (χ3v) is 4.45. The number of nitrogens with zero attached hydrogens (tertiary/aromatic N) is 2. The Labute approximate surface area is 147 Å². The SMILES string of the molecule is C1=NCCC(NCCNc2cccnc2-c2ccc3c(c2)OCO3)C1. The summed E-state index contributed by atoms with van der Waals surface area (Å²) in [6.45, 7) is 2.97. The van der Waals surface area contributed by atoms with Gasteiger partial charge in [-0.2, -0.15) is 0 Å². The number of hydrogen-bond acceptors (Lipinski definition) is 6. The van der Waals surface area contributed by atoms with Crippen LogP contribution in [0, 0.1) is 0 Å². The fraction of sp³-hybridized carbons (Fsp3) is 0.368. The van der Waals surface area contributed by atoms with E-state index in [0.29, 0.717) is 6.04 Å². The van der Waals surface area contributed by atoms with E-state index in [1.165, 1.54) is 0 Å². The maximum atomic E-state index is 5.48. The highest BCUT2D eigenvalue weighted by Crippen LogP contribution is 2.37. The minimum absolute atomic E-state index is 0.281. The first kappa shape index (κ1) is 15.9. The van der Waals surface area contributed by atoms with Crippen molar-refractivity contribution in [1.82, 2.24) is 10.3 Å². The molecule has 1 atom stereocenters. The summed E-state index contributed by atoms with van der Waals surface area (Å²) in [6.07, 6.45) is 5.97. The highest BCUT2D eigenvalue weighted by molar-refractivity contribution is 5.76. The summed E-state index contributed by atoms with van der Waals surface area (Å²) in [5.74, 6) is 1.56. The maximum absolute atomic E-state index is 5.48. The first-order chi connectivity index (χ1) is 12.4. The molecule has 0 aliphatic carbocycles. The molecular formula is C19H22N4O2. The van der Waals surface area contributed by atoms with Crippen molar-refractivity contribution in [2.75, 3.05) is 31.7 Å². The molecule has 3 heterocycles. The van der Waals surface area contributed by atoms with Gasteiger partial charge in [0.2, 0.25) is 6.79 Å². The predicted octanol–water partition coefficient (Wildman–Crippen LogP) is 2.71. The summed E-state index contributed by atoms with van der Waals surface area (Å²) in [5, 5.41) is 7.06. The van der Waals surface area contributed by atoms with Gasteiger partial charge in [-0.15, -0.1) is 0 Å². The van der Waals surface area contributed by atoms with E-state index in [2.05, 4.69) is 26.7 Å². The molecule has 0 saturated heterocycles. The smallest absolute Gasteiger partial charge is 0.231 e. The molecule has 0 saturated carbocycles.